The molecular weight excluding hydrogens is 2030 g/mol. The van der Waals surface area contributed by atoms with Crippen molar-refractivity contribution in [2.45, 2.75) is 53.2 Å². The number of hydrogen-bond donors (Lipinski definition) is 2. The average molecular weight is 2060 g/mol. The van der Waals surface area contributed by atoms with Crippen molar-refractivity contribution < 1.29 is 40.4 Å². The van der Waals surface area contributed by atoms with Crippen LogP contribution in [0, 0.1) is 23.7 Å². The zero-order valence-corrected chi connectivity index (χ0v) is 65.6. The SMILES string of the molecule is O=S=P.O=S=P.O=S=P.OC[C@H]1O[C@H](C#Cc2ccc(C#C[C@H]3O[C@H](CO)[C@@H]([O][Tl])[C@H]([O][Tl])[C@@H]3[Tl])cc2)[C@@H]([O][Tl])[C@@H]([Tl])[C@@H]1[Tl].P.P.P.[SH-].[SH-].[SH-]. The number of ether oxygens (including phenoxy) is 2. The Kier molecular flexibility index (Phi) is 64.9. The number of aliphatic hydroxyl groups excluding tert-OH is 2. The molecule has 13 atom stereocenters. The maximum absolute atomic E-state index is 9.76. The Labute approximate surface area is 440 Å². The third kappa shape index (κ3) is 27.0. The van der Waals surface area contributed by atoms with Gasteiger partial charge in [-0.1, -0.05) is 0 Å². The third-order valence-corrected chi connectivity index (χ3v) is 25.9. The molecule has 1 aromatic rings. The minimum atomic E-state index is -0.390. The van der Waals surface area contributed by atoms with Crippen molar-refractivity contribution in [3.8, 4) is 23.7 Å². The van der Waals surface area contributed by atoms with Gasteiger partial charge in [-0.3, -0.25) is 0 Å². The monoisotopic (exact) mass is 2070 g/mol. The van der Waals surface area contributed by atoms with E-state index in [1.165, 1.54) is 0 Å². The van der Waals surface area contributed by atoms with Gasteiger partial charge in [0.15, 0.2) is 0 Å². The second-order valence-corrected chi connectivity index (χ2v) is 22.6. The van der Waals surface area contributed by atoms with Crippen molar-refractivity contribution >= 4 is 283 Å². The Hall–Kier alpha value is 6.89. The van der Waals surface area contributed by atoms with Gasteiger partial charge < -0.3 is 40.5 Å². The van der Waals surface area contributed by atoms with Crippen LogP contribution < -0.4 is 0 Å². The molecule has 2 saturated heterocycles. The van der Waals surface area contributed by atoms with E-state index < -0.39 is 0 Å². The molecule has 0 saturated carbocycles. The summed E-state index contributed by atoms with van der Waals surface area (Å²) in [6.07, 6.45) is -1.20. The molecule has 0 bridgehead atoms. The summed E-state index contributed by atoms with van der Waals surface area (Å²) in [5.41, 5.74) is 1.79. The zero-order valence-electron chi connectivity index (χ0n) is 26.3. The number of thiol groups is 3. The van der Waals surface area contributed by atoms with Crippen LogP contribution in [0.25, 0.3) is 0 Å². The van der Waals surface area contributed by atoms with E-state index in [4.69, 9.17) is 30.2 Å². The summed E-state index contributed by atoms with van der Waals surface area (Å²) < 4.78 is 57.2. The van der Waals surface area contributed by atoms with E-state index in [1.807, 2.05) is 24.3 Å². The summed E-state index contributed by atoms with van der Waals surface area (Å²) in [7, 11) is 8.55. The Morgan fingerprint density at radius 1 is 0.620 bits per heavy atom. The molecule has 270 valence electrons. The van der Waals surface area contributed by atoms with E-state index in [9.17, 15) is 10.2 Å². The summed E-state index contributed by atoms with van der Waals surface area (Å²) in [4.78, 5) is 0. The molecule has 0 radical (unpaired) electrons. The first kappa shape index (κ1) is 71.4. The van der Waals surface area contributed by atoms with Crippen LogP contribution in [-0.4, -0.2) is 235 Å². The van der Waals surface area contributed by atoms with Gasteiger partial charge in [-0.25, -0.2) is 12.6 Å². The largest absolute Gasteiger partial charge is 0.813 e. The molecule has 2 aliphatic rings. The summed E-state index contributed by atoms with van der Waals surface area (Å²) in [5.74, 6) is 13.0. The summed E-state index contributed by atoms with van der Waals surface area (Å²) in [6.45, 7) is -0.0388. The van der Waals surface area contributed by atoms with Crippen LogP contribution in [0.15, 0.2) is 24.3 Å². The first-order chi connectivity index (χ1) is 21.1. The van der Waals surface area contributed by atoms with Crippen LogP contribution in [0.1, 0.15) is 11.1 Å². The van der Waals surface area contributed by atoms with E-state index >= 15 is 0 Å². The second kappa shape index (κ2) is 45.4. The Bertz CT molecular complexity index is 1230. The summed E-state index contributed by atoms with van der Waals surface area (Å²) >= 11 is 3.39. The Balaban J connectivity index is -0.000000223. The van der Waals surface area contributed by atoms with Crippen LogP contribution in [0.5, 0.6) is 0 Å². The van der Waals surface area contributed by atoms with Gasteiger partial charge in [0.1, 0.15) is 32.5 Å². The molecule has 10 nitrogen and oxygen atoms in total. The molecule has 0 spiro atoms. The number of benzene rings is 1. The fourth-order valence-electron chi connectivity index (χ4n) is 3.98. The third-order valence-electron chi connectivity index (χ3n) is 6.05. The maximum Gasteiger partial charge on any atom is -0.153 e. The van der Waals surface area contributed by atoms with E-state index in [2.05, 4.69) is 47.7 Å². The molecule has 0 aromatic heterocycles. The topological polar surface area (TPSA) is 138 Å². The Morgan fingerprint density at radius 2 is 0.960 bits per heavy atom. The zero-order chi connectivity index (χ0) is 33.7. The predicted octanol–water partition coefficient (Wildman–Crippen LogP) is -1.68. The van der Waals surface area contributed by atoms with Gasteiger partial charge in [-0.15, -0.1) is 0 Å². The molecular formula is C22H35O10P6S6Tl6-3. The molecule has 3 rings (SSSR count). The van der Waals surface area contributed by atoms with Crippen molar-refractivity contribution in [2.75, 3.05) is 13.2 Å². The van der Waals surface area contributed by atoms with E-state index in [0.29, 0.717) is 144 Å². The van der Waals surface area contributed by atoms with Crippen molar-refractivity contribution in [1.29, 1.82) is 0 Å². The van der Waals surface area contributed by atoms with E-state index in [-0.39, 0.29) is 130 Å². The first-order valence-electron chi connectivity index (χ1n) is 12.0. The van der Waals surface area contributed by atoms with Crippen LogP contribution in [0.2, 0.25) is 10.4 Å². The molecule has 2 N–H and O–H groups in total. The van der Waals surface area contributed by atoms with Gasteiger partial charge in [0.25, 0.3) is 0 Å². The van der Waals surface area contributed by atoms with Crippen molar-refractivity contribution in [3.63, 3.8) is 0 Å². The number of rotatable bonds is 5. The normalized spacial score (nSPS) is 26.4. The second-order valence-electron chi connectivity index (χ2n) is 8.46. The molecule has 2 heterocycles. The minimum Gasteiger partial charge on any atom is -0.813 e. The van der Waals surface area contributed by atoms with Gasteiger partial charge in [-0.2, -0.15) is 29.7 Å². The standard InChI is InChI=1S/C22H20O7.3HOPS.3H3P.3H2S.6Tl/c23-12-17-8-9-18(25)20(29-17)10-6-15-3-1-14(2-4-15)5-7-16-11-19(26)22(27)21(13-24)28-16;3*1-3-2;;;;;;;;;;;;/h1-4,8-9,11,16-24H,12-13H2;3*2H;3*1H3;3*1H2;;;;;;/q-3;;;;;;;;;;;;;3*+1/p-3/t16-,17+,18+,19-,20-,21-,22+;;;;;;;;;;;;;;;/m1.............../s1. The van der Waals surface area contributed by atoms with E-state index in [0.717, 1.165) is 62.7 Å². The summed E-state index contributed by atoms with van der Waals surface area (Å²) in [5, 5.41) is 19.5. The van der Waals surface area contributed by atoms with Crippen molar-refractivity contribution in [1.82, 2.24) is 0 Å². The molecule has 2 aliphatic heterocycles. The molecule has 0 amide bonds. The molecule has 28 heteroatoms. The molecule has 50 heavy (non-hydrogen) atoms. The maximum atomic E-state index is 9.76. The summed E-state index contributed by atoms with van der Waals surface area (Å²) in [6, 6.07) is 7.86. The fourth-order valence-corrected chi connectivity index (χ4v) is 19.0. The average Bonchev–Trinajstić information content (AvgIpc) is 3.02. The molecule has 3 unspecified atom stereocenters. The number of aliphatic hydroxyl groups is 2. The number of hydrogen-bond acceptors (Lipinski definition) is 13. The molecule has 0 aliphatic carbocycles. The van der Waals surface area contributed by atoms with Crippen LogP contribution in [0.3, 0.4) is 0 Å². The van der Waals surface area contributed by atoms with Crippen LogP contribution in [0.4, 0.5) is 0 Å². The van der Waals surface area contributed by atoms with Crippen LogP contribution >= 0.6 is 53.7 Å². The smallest absolute Gasteiger partial charge is 0.153 e. The molecule has 2 fully saturated rings. The predicted molar refractivity (Wildman–Crippen MR) is 241 cm³/mol. The Morgan fingerprint density at radius 3 is 1.30 bits per heavy atom. The quantitative estimate of drug-likeness (QED) is 0.115. The van der Waals surface area contributed by atoms with Gasteiger partial charge in [0, 0.05) is 0 Å². The van der Waals surface area contributed by atoms with E-state index in [1.54, 1.807) is 0 Å². The fraction of sp³-hybridized carbons (Fsp3) is 0.545. The molecule has 1 aromatic carbocycles. The van der Waals surface area contributed by atoms with Crippen LogP contribution in [-0.2, 0) is 90.6 Å². The van der Waals surface area contributed by atoms with Crippen molar-refractivity contribution in [3.05, 3.63) is 35.4 Å². The van der Waals surface area contributed by atoms with Crippen molar-refractivity contribution in [2.24, 2.45) is 0 Å². The van der Waals surface area contributed by atoms with Gasteiger partial charge >= 0.3 is 309 Å². The minimum absolute atomic E-state index is 0. The van der Waals surface area contributed by atoms with Gasteiger partial charge in [0.2, 0.25) is 0 Å². The van der Waals surface area contributed by atoms with Gasteiger partial charge in [-0.05, 0) is 24.0 Å². The first-order valence-corrected chi connectivity index (χ1v) is 31.2. The van der Waals surface area contributed by atoms with Gasteiger partial charge in [0.05, 0.1) is 0 Å².